The van der Waals surface area contributed by atoms with Gasteiger partial charge in [0, 0.05) is 19.0 Å². The van der Waals surface area contributed by atoms with E-state index in [0.29, 0.717) is 12.5 Å². The molecule has 3 N–H and O–H groups in total. The van der Waals surface area contributed by atoms with Crippen molar-refractivity contribution in [2.24, 2.45) is 5.73 Å². The van der Waals surface area contributed by atoms with E-state index < -0.39 is 0 Å². The van der Waals surface area contributed by atoms with Crippen molar-refractivity contribution in [1.29, 1.82) is 0 Å². The maximum Gasteiger partial charge on any atom is 0.148 e. The summed E-state index contributed by atoms with van der Waals surface area (Å²) < 4.78 is 0. The summed E-state index contributed by atoms with van der Waals surface area (Å²) in [7, 11) is 0. The van der Waals surface area contributed by atoms with Crippen LogP contribution in [0.1, 0.15) is 43.7 Å². The van der Waals surface area contributed by atoms with Crippen molar-refractivity contribution in [3.8, 4) is 0 Å². The Labute approximate surface area is 96.6 Å². The summed E-state index contributed by atoms with van der Waals surface area (Å²) in [6.07, 6.45) is 6.58. The second-order valence-electron chi connectivity index (χ2n) is 4.39. The largest absolute Gasteiger partial charge is 0.367 e. The molecule has 88 valence electrons. The lowest BCUT2D eigenvalue weighted by Crippen LogP contribution is -2.14. The molecule has 1 fully saturated rings. The number of hydrogen-bond donors (Lipinski definition) is 2. The lowest BCUT2D eigenvalue weighted by atomic mass is 9.87. The molecule has 0 atom stereocenters. The molecule has 0 radical (unpaired) electrons. The average molecular weight is 220 g/mol. The van der Waals surface area contributed by atoms with Crippen LogP contribution < -0.4 is 11.1 Å². The Bertz CT molecular complexity index is 303. The third-order valence-corrected chi connectivity index (χ3v) is 3.16. The third kappa shape index (κ3) is 2.92. The fourth-order valence-electron chi connectivity index (χ4n) is 2.25. The molecule has 0 unspecified atom stereocenters. The van der Waals surface area contributed by atoms with Gasteiger partial charge in [0.05, 0.1) is 5.69 Å². The van der Waals surface area contributed by atoms with Gasteiger partial charge in [-0.2, -0.15) is 5.10 Å². The van der Waals surface area contributed by atoms with Gasteiger partial charge in [-0.05, 0) is 25.0 Å². The average Bonchev–Trinajstić information content (AvgIpc) is 2.38. The number of nitrogens with one attached hydrogen (secondary N) is 1. The minimum Gasteiger partial charge on any atom is -0.367 e. The zero-order valence-corrected chi connectivity index (χ0v) is 9.65. The molecule has 1 aliphatic carbocycles. The van der Waals surface area contributed by atoms with Crippen molar-refractivity contribution in [1.82, 2.24) is 10.2 Å². The van der Waals surface area contributed by atoms with Crippen LogP contribution in [0.25, 0.3) is 0 Å². The molecule has 0 bridgehead atoms. The number of anilines is 1. The van der Waals surface area contributed by atoms with Crippen molar-refractivity contribution in [3.63, 3.8) is 0 Å². The summed E-state index contributed by atoms with van der Waals surface area (Å²) in [5.41, 5.74) is 6.56. The van der Waals surface area contributed by atoms with Crippen LogP contribution in [0.4, 0.5) is 5.82 Å². The molecule has 16 heavy (non-hydrogen) atoms. The SMILES string of the molecule is NCCNc1ccc(C2CCCCC2)nn1. The molecule has 0 amide bonds. The molecule has 4 nitrogen and oxygen atoms in total. The molecule has 1 aromatic rings. The van der Waals surface area contributed by atoms with E-state index in [1.165, 1.54) is 32.1 Å². The van der Waals surface area contributed by atoms with Crippen molar-refractivity contribution in [3.05, 3.63) is 17.8 Å². The second-order valence-corrected chi connectivity index (χ2v) is 4.39. The van der Waals surface area contributed by atoms with Crippen molar-refractivity contribution in [2.45, 2.75) is 38.0 Å². The van der Waals surface area contributed by atoms with Gasteiger partial charge in [0.25, 0.3) is 0 Å². The van der Waals surface area contributed by atoms with Gasteiger partial charge in [-0.1, -0.05) is 19.3 Å². The summed E-state index contributed by atoms with van der Waals surface area (Å²) in [6.45, 7) is 1.36. The van der Waals surface area contributed by atoms with Crippen molar-refractivity contribution >= 4 is 5.82 Å². The van der Waals surface area contributed by atoms with Gasteiger partial charge < -0.3 is 11.1 Å². The predicted octanol–water partition coefficient (Wildman–Crippen LogP) is 1.89. The molecule has 1 heterocycles. The summed E-state index contributed by atoms with van der Waals surface area (Å²) >= 11 is 0. The van der Waals surface area contributed by atoms with Crippen molar-refractivity contribution < 1.29 is 0 Å². The monoisotopic (exact) mass is 220 g/mol. The number of rotatable bonds is 4. The van der Waals surface area contributed by atoms with E-state index in [2.05, 4.69) is 21.6 Å². The number of nitrogens with two attached hydrogens (primary N) is 1. The number of aromatic nitrogens is 2. The maximum atomic E-state index is 5.41. The summed E-state index contributed by atoms with van der Waals surface area (Å²) in [5.74, 6) is 1.45. The van der Waals surface area contributed by atoms with E-state index in [0.717, 1.165) is 18.1 Å². The Balaban J connectivity index is 1.95. The Morgan fingerprint density at radius 2 is 2.00 bits per heavy atom. The molecule has 4 heteroatoms. The molecule has 1 aliphatic rings. The van der Waals surface area contributed by atoms with Gasteiger partial charge in [-0.15, -0.1) is 5.10 Å². The minimum absolute atomic E-state index is 0.617. The van der Waals surface area contributed by atoms with Crippen LogP contribution in [-0.2, 0) is 0 Å². The van der Waals surface area contributed by atoms with Crippen LogP contribution in [0.2, 0.25) is 0 Å². The van der Waals surface area contributed by atoms with Crippen LogP contribution >= 0.6 is 0 Å². The Hall–Kier alpha value is -1.16. The summed E-state index contributed by atoms with van der Waals surface area (Å²) in [6, 6.07) is 4.11. The van der Waals surface area contributed by atoms with E-state index in [1.54, 1.807) is 0 Å². The summed E-state index contributed by atoms with van der Waals surface area (Å²) in [5, 5.41) is 11.6. The molecule has 1 saturated carbocycles. The Kier molecular flexibility index (Phi) is 4.10. The fraction of sp³-hybridized carbons (Fsp3) is 0.667. The normalized spacial score (nSPS) is 17.3. The highest BCUT2D eigenvalue weighted by Gasteiger charge is 2.16. The molecule has 0 aromatic carbocycles. The highest BCUT2D eigenvalue weighted by atomic mass is 15.2. The third-order valence-electron chi connectivity index (χ3n) is 3.16. The van der Waals surface area contributed by atoms with Crippen LogP contribution in [0, 0.1) is 0 Å². The van der Waals surface area contributed by atoms with E-state index in [4.69, 9.17) is 5.73 Å². The van der Waals surface area contributed by atoms with Gasteiger partial charge in [0.1, 0.15) is 5.82 Å². The van der Waals surface area contributed by atoms with Gasteiger partial charge >= 0.3 is 0 Å². The fourth-order valence-corrected chi connectivity index (χ4v) is 2.25. The lowest BCUT2D eigenvalue weighted by molar-refractivity contribution is 0.434. The van der Waals surface area contributed by atoms with Crippen LogP contribution in [-0.4, -0.2) is 23.3 Å². The second kappa shape index (κ2) is 5.80. The van der Waals surface area contributed by atoms with E-state index in [1.807, 2.05) is 6.07 Å². The molecule has 1 aromatic heterocycles. The topological polar surface area (TPSA) is 63.8 Å². The molecule has 0 saturated heterocycles. The first kappa shape index (κ1) is 11.3. The molecule has 0 aliphatic heterocycles. The molecule has 2 rings (SSSR count). The number of nitrogens with zero attached hydrogens (tertiary/aromatic N) is 2. The highest BCUT2D eigenvalue weighted by molar-refractivity contribution is 5.33. The minimum atomic E-state index is 0.617. The molecular formula is C12H20N4. The number of hydrogen-bond acceptors (Lipinski definition) is 4. The first-order valence-corrected chi connectivity index (χ1v) is 6.17. The Morgan fingerprint density at radius 3 is 2.62 bits per heavy atom. The first-order chi connectivity index (χ1) is 7.90. The van der Waals surface area contributed by atoms with E-state index in [9.17, 15) is 0 Å². The Morgan fingerprint density at radius 1 is 1.19 bits per heavy atom. The van der Waals surface area contributed by atoms with E-state index in [-0.39, 0.29) is 0 Å². The predicted molar refractivity (Wildman–Crippen MR) is 65.4 cm³/mol. The van der Waals surface area contributed by atoms with Crippen molar-refractivity contribution in [2.75, 3.05) is 18.4 Å². The zero-order valence-electron chi connectivity index (χ0n) is 9.65. The lowest BCUT2D eigenvalue weighted by Gasteiger charge is -2.20. The summed E-state index contributed by atoms with van der Waals surface area (Å²) in [4.78, 5) is 0. The highest BCUT2D eigenvalue weighted by Crippen LogP contribution is 2.31. The quantitative estimate of drug-likeness (QED) is 0.813. The van der Waals surface area contributed by atoms with Gasteiger partial charge in [0.15, 0.2) is 0 Å². The standard InChI is InChI=1S/C12H20N4/c13-8-9-14-12-7-6-11(15-16-12)10-4-2-1-3-5-10/h6-7,10H,1-5,8-9,13H2,(H,14,16). The van der Waals surface area contributed by atoms with E-state index >= 15 is 0 Å². The molecular weight excluding hydrogens is 200 g/mol. The van der Waals surface area contributed by atoms with Gasteiger partial charge in [-0.3, -0.25) is 0 Å². The molecule has 0 spiro atoms. The van der Waals surface area contributed by atoms with Gasteiger partial charge in [0.2, 0.25) is 0 Å². The first-order valence-electron chi connectivity index (χ1n) is 6.17. The van der Waals surface area contributed by atoms with Crippen LogP contribution in [0.5, 0.6) is 0 Å². The maximum absolute atomic E-state index is 5.41. The zero-order chi connectivity index (χ0) is 11.2. The van der Waals surface area contributed by atoms with Crippen LogP contribution in [0.15, 0.2) is 12.1 Å². The van der Waals surface area contributed by atoms with Crippen LogP contribution in [0.3, 0.4) is 0 Å². The smallest absolute Gasteiger partial charge is 0.148 e. The van der Waals surface area contributed by atoms with Gasteiger partial charge in [-0.25, -0.2) is 0 Å².